The number of rotatable bonds is 5. The zero-order chi connectivity index (χ0) is 17.3. The lowest BCUT2D eigenvalue weighted by atomic mass is 10.2. The SMILES string of the molecule is COn1c(=O)c(C(=O)NCCC(=O)O)c(O)c2c1cc(C)n2C. The van der Waals surface area contributed by atoms with Crippen molar-refractivity contribution in [2.75, 3.05) is 13.7 Å². The number of aryl methyl sites for hydroxylation is 2. The topological polar surface area (TPSA) is 123 Å². The molecule has 0 aliphatic rings. The maximum atomic E-state index is 12.4. The summed E-state index contributed by atoms with van der Waals surface area (Å²) in [6.07, 6.45) is -0.295. The predicted octanol–water partition coefficient (Wildman–Crippen LogP) is -0.383. The van der Waals surface area contributed by atoms with Crippen LogP contribution in [-0.4, -0.2) is 45.0 Å². The van der Waals surface area contributed by atoms with Gasteiger partial charge in [-0.15, -0.1) is 4.73 Å². The highest BCUT2D eigenvalue weighted by Crippen LogP contribution is 2.28. The van der Waals surface area contributed by atoms with Gasteiger partial charge in [-0.2, -0.15) is 0 Å². The number of aromatic hydroxyl groups is 1. The van der Waals surface area contributed by atoms with E-state index < -0.39 is 28.7 Å². The molecule has 2 heterocycles. The zero-order valence-electron chi connectivity index (χ0n) is 12.9. The molecule has 2 aromatic rings. The molecule has 124 valence electrons. The first-order valence-electron chi connectivity index (χ1n) is 6.78. The van der Waals surface area contributed by atoms with Crippen molar-refractivity contribution in [2.24, 2.45) is 7.05 Å². The molecule has 0 saturated carbocycles. The minimum absolute atomic E-state index is 0.162. The van der Waals surface area contributed by atoms with E-state index in [2.05, 4.69) is 5.32 Å². The van der Waals surface area contributed by atoms with Crippen LogP contribution in [0.5, 0.6) is 5.75 Å². The third-order valence-electron chi connectivity index (χ3n) is 3.56. The molecule has 1 amide bonds. The molecule has 2 aromatic heterocycles. The van der Waals surface area contributed by atoms with Gasteiger partial charge in [0.15, 0.2) is 11.3 Å². The summed E-state index contributed by atoms with van der Waals surface area (Å²) in [5.41, 5.74) is 0.0372. The second-order valence-electron chi connectivity index (χ2n) is 4.98. The summed E-state index contributed by atoms with van der Waals surface area (Å²) in [4.78, 5) is 40.0. The number of carbonyl (C=O) groups is 2. The van der Waals surface area contributed by atoms with Gasteiger partial charge < -0.3 is 24.9 Å². The fourth-order valence-corrected chi connectivity index (χ4v) is 2.33. The summed E-state index contributed by atoms with van der Waals surface area (Å²) in [5, 5.41) is 21.2. The molecular weight excluding hydrogens is 306 g/mol. The molecule has 9 nitrogen and oxygen atoms in total. The maximum Gasteiger partial charge on any atom is 0.305 e. The first kappa shape index (κ1) is 16.4. The van der Waals surface area contributed by atoms with Crippen molar-refractivity contribution in [1.29, 1.82) is 0 Å². The lowest BCUT2D eigenvalue weighted by molar-refractivity contribution is -0.136. The van der Waals surface area contributed by atoms with Gasteiger partial charge in [-0.05, 0) is 13.0 Å². The smallest absolute Gasteiger partial charge is 0.305 e. The van der Waals surface area contributed by atoms with E-state index in [-0.39, 0.29) is 18.5 Å². The van der Waals surface area contributed by atoms with Gasteiger partial charge in [0.25, 0.3) is 11.5 Å². The number of fused-ring (bicyclic) bond motifs is 1. The lowest BCUT2D eigenvalue weighted by Gasteiger charge is -2.12. The van der Waals surface area contributed by atoms with E-state index in [0.717, 1.165) is 10.4 Å². The maximum absolute atomic E-state index is 12.4. The Labute approximate surface area is 130 Å². The van der Waals surface area contributed by atoms with Gasteiger partial charge >= 0.3 is 5.97 Å². The van der Waals surface area contributed by atoms with Crippen molar-refractivity contribution >= 4 is 22.9 Å². The van der Waals surface area contributed by atoms with E-state index in [1.807, 2.05) is 0 Å². The molecule has 9 heteroatoms. The van der Waals surface area contributed by atoms with Crippen LogP contribution in [0.1, 0.15) is 22.5 Å². The standard InChI is InChI=1S/C14H17N3O6/c1-7-6-8-11(16(7)2)12(20)10(14(22)17(8)23-3)13(21)15-5-4-9(18)19/h6,20H,4-5H2,1-3H3,(H,15,21)(H,18,19). The van der Waals surface area contributed by atoms with Crippen molar-refractivity contribution < 1.29 is 24.6 Å². The van der Waals surface area contributed by atoms with Crippen LogP contribution in [0, 0.1) is 6.92 Å². The molecule has 0 aliphatic carbocycles. The second kappa shape index (κ2) is 6.03. The highest BCUT2D eigenvalue weighted by atomic mass is 16.6. The molecule has 0 aromatic carbocycles. The Balaban J connectivity index is 2.60. The number of carboxylic acid groups (broad SMARTS) is 1. The molecule has 0 spiro atoms. The number of nitrogens with one attached hydrogen (secondary N) is 1. The fraction of sp³-hybridized carbons (Fsp3) is 0.357. The van der Waals surface area contributed by atoms with Crippen LogP contribution in [0.2, 0.25) is 0 Å². The Morgan fingerprint density at radius 3 is 2.61 bits per heavy atom. The molecule has 0 aliphatic heterocycles. The van der Waals surface area contributed by atoms with Gasteiger partial charge in [0.05, 0.1) is 6.42 Å². The molecule has 3 N–H and O–H groups in total. The first-order chi connectivity index (χ1) is 10.8. The van der Waals surface area contributed by atoms with Gasteiger partial charge in [0, 0.05) is 19.3 Å². The molecule has 0 unspecified atom stereocenters. The number of carbonyl (C=O) groups excluding carboxylic acids is 1. The van der Waals surface area contributed by atoms with Crippen LogP contribution in [0.3, 0.4) is 0 Å². The van der Waals surface area contributed by atoms with E-state index in [1.54, 1.807) is 24.6 Å². The normalized spacial score (nSPS) is 10.7. The van der Waals surface area contributed by atoms with Crippen LogP contribution in [-0.2, 0) is 11.8 Å². The van der Waals surface area contributed by atoms with Crippen molar-refractivity contribution in [3.63, 3.8) is 0 Å². The minimum atomic E-state index is -1.09. The van der Waals surface area contributed by atoms with Crippen molar-refractivity contribution in [2.45, 2.75) is 13.3 Å². The van der Waals surface area contributed by atoms with E-state index in [0.29, 0.717) is 5.52 Å². The monoisotopic (exact) mass is 323 g/mol. The van der Waals surface area contributed by atoms with Crippen LogP contribution < -0.4 is 15.7 Å². The largest absolute Gasteiger partial charge is 0.505 e. The Morgan fingerprint density at radius 1 is 1.39 bits per heavy atom. The number of pyridine rings is 1. The summed E-state index contributed by atoms with van der Waals surface area (Å²) in [6.45, 7) is 1.61. The molecule has 0 atom stereocenters. The van der Waals surface area contributed by atoms with Gasteiger partial charge in [-0.1, -0.05) is 0 Å². The number of nitrogens with zero attached hydrogens (tertiary/aromatic N) is 2. The van der Waals surface area contributed by atoms with Crippen molar-refractivity contribution in [3.05, 3.63) is 27.7 Å². The Hall–Kier alpha value is -2.97. The highest BCUT2D eigenvalue weighted by molar-refractivity contribution is 6.01. The molecule has 0 radical (unpaired) electrons. The second-order valence-corrected chi connectivity index (χ2v) is 4.98. The summed E-state index contributed by atoms with van der Waals surface area (Å²) >= 11 is 0. The number of aromatic nitrogens is 2. The summed E-state index contributed by atoms with van der Waals surface area (Å²) in [7, 11) is 2.94. The Kier molecular flexibility index (Phi) is 4.30. The predicted molar refractivity (Wildman–Crippen MR) is 80.7 cm³/mol. The first-order valence-corrected chi connectivity index (χ1v) is 6.78. The summed E-state index contributed by atoms with van der Waals surface area (Å²) in [6, 6.07) is 1.64. The third kappa shape index (κ3) is 2.72. The van der Waals surface area contributed by atoms with Gasteiger partial charge in [0.2, 0.25) is 0 Å². The van der Waals surface area contributed by atoms with E-state index in [9.17, 15) is 19.5 Å². The number of aliphatic carboxylic acids is 1. The quantitative estimate of drug-likeness (QED) is 0.689. The zero-order valence-corrected chi connectivity index (χ0v) is 12.9. The molecule has 2 rings (SSSR count). The summed E-state index contributed by atoms with van der Waals surface area (Å²) < 4.78 is 2.53. The lowest BCUT2D eigenvalue weighted by Crippen LogP contribution is -2.36. The average molecular weight is 323 g/mol. The van der Waals surface area contributed by atoms with Crippen LogP contribution >= 0.6 is 0 Å². The molecule has 23 heavy (non-hydrogen) atoms. The van der Waals surface area contributed by atoms with Crippen LogP contribution in [0.15, 0.2) is 10.9 Å². The number of hydrogen-bond acceptors (Lipinski definition) is 5. The molecule has 0 saturated heterocycles. The van der Waals surface area contributed by atoms with Crippen molar-refractivity contribution in [1.82, 2.24) is 14.6 Å². The molecular formula is C14H17N3O6. The van der Waals surface area contributed by atoms with E-state index in [1.165, 1.54) is 7.11 Å². The molecule has 0 bridgehead atoms. The number of carboxylic acids is 1. The highest BCUT2D eigenvalue weighted by Gasteiger charge is 2.25. The fourth-order valence-electron chi connectivity index (χ4n) is 2.33. The number of amides is 1. The van der Waals surface area contributed by atoms with Crippen LogP contribution in [0.25, 0.3) is 11.0 Å². The van der Waals surface area contributed by atoms with Gasteiger partial charge in [0.1, 0.15) is 18.1 Å². The van der Waals surface area contributed by atoms with E-state index >= 15 is 0 Å². The number of hydrogen-bond donors (Lipinski definition) is 3. The average Bonchev–Trinajstić information content (AvgIpc) is 2.75. The Bertz CT molecular complexity index is 849. The van der Waals surface area contributed by atoms with E-state index in [4.69, 9.17) is 9.94 Å². The van der Waals surface area contributed by atoms with Gasteiger partial charge in [-0.25, -0.2) is 0 Å². The van der Waals surface area contributed by atoms with Crippen molar-refractivity contribution in [3.8, 4) is 5.75 Å². The Morgan fingerprint density at radius 2 is 2.04 bits per heavy atom. The molecule has 0 fully saturated rings. The van der Waals surface area contributed by atoms with Crippen LogP contribution in [0.4, 0.5) is 0 Å². The minimum Gasteiger partial charge on any atom is -0.505 e. The van der Waals surface area contributed by atoms with Gasteiger partial charge in [-0.3, -0.25) is 14.4 Å². The third-order valence-corrected chi connectivity index (χ3v) is 3.56. The summed E-state index contributed by atoms with van der Waals surface area (Å²) in [5.74, 6) is -2.42.